The van der Waals surface area contributed by atoms with E-state index in [-0.39, 0.29) is 5.91 Å². The van der Waals surface area contributed by atoms with Crippen LogP contribution in [0.4, 0.5) is 0 Å². The first kappa shape index (κ1) is 19.2. The number of carbonyl (C=O) groups excluding carboxylic acids is 2. The van der Waals surface area contributed by atoms with E-state index in [4.69, 9.17) is 9.47 Å². The van der Waals surface area contributed by atoms with Crippen LogP contribution in [-0.2, 0) is 20.9 Å². The summed E-state index contributed by atoms with van der Waals surface area (Å²) in [4.78, 5) is 24.0. The first-order valence-corrected chi connectivity index (χ1v) is 8.34. The lowest BCUT2D eigenvalue weighted by Crippen LogP contribution is -2.35. The van der Waals surface area contributed by atoms with Crippen LogP contribution in [0.15, 0.2) is 54.6 Å². The second-order valence-corrected chi connectivity index (χ2v) is 5.83. The van der Waals surface area contributed by atoms with Gasteiger partial charge in [-0.25, -0.2) is 4.79 Å². The number of hydrogen-bond donors (Lipinski definition) is 1. The van der Waals surface area contributed by atoms with Crippen LogP contribution in [0.25, 0.3) is 6.08 Å². The van der Waals surface area contributed by atoms with Gasteiger partial charge in [-0.05, 0) is 48.7 Å². The molecule has 0 aliphatic carbocycles. The number of rotatable bonds is 7. The van der Waals surface area contributed by atoms with Crippen molar-refractivity contribution in [3.63, 3.8) is 0 Å². The molecule has 0 radical (unpaired) electrons. The Morgan fingerprint density at radius 3 is 2.46 bits per heavy atom. The van der Waals surface area contributed by atoms with E-state index < -0.39 is 12.1 Å². The Morgan fingerprint density at radius 2 is 1.81 bits per heavy atom. The molecule has 2 aromatic carbocycles. The van der Waals surface area contributed by atoms with E-state index in [1.807, 2.05) is 55.5 Å². The summed E-state index contributed by atoms with van der Waals surface area (Å²) < 4.78 is 10.2. The topological polar surface area (TPSA) is 64.6 Å². The molecular weight excluding hydrogens is 330 g/mol. The molecule has 0 fully saturated rings. The second-order valence-electron chi connectivity index (χ2n) is 5.83. The molecule has 2 aromatic rings. The van der Waals surface area contributed by atoms with Crippen molar-refractivity contribution in [3.8, 4) is 5.75 Å². The molecule has 1 amide bonds. The number of nitrogens with one attached hydrogen (secondary N) is 1. The molecule has 136 valence electrons. The minimum Gasteiger partial charge on any atom is -0.497 e. The highest BCUT2D eigenvalue weighted by Crippen LogP contribution is 2.11. The number of esters is 1. The lowest BCUT2D eigenvalue weighted by Gasteiger charge is -2.12. The number of methoxy groups -OCH3 is 1. The minimum absolute atomic E-state index is 0.349. The summed E-state index contributed by atoms with van der Waals surface area (Å²) in [5, 5.41) is 2.74. The molecule has 0 aromatic heterocycles. The minimum atomic E-state index is -0.873. The summed E-state index contributed by atoms with van der Waals surface area (Å²) in [5.74, 6) is -0.151. The molecule has 0 aliphatic heterocycles. The van der Waals surface area contributed by atoms with Crippen LogP contribution >= 0.6 is 0 Å². The summed E-state index contributed by atoms with van der Waals surface area (Å²) in [6.07, 6.45) is 2.14. The van der Waals surface area contributed by atoms with Gasteiger partial charge in [0.1, 0.15) is 5.75 Å². The third-order valence-electron chi connectivity index (χ3n) is 3.88. The zero-order chi connectivity index (χ0) is 18.9. The fourth-order valence-corrected chi connectivity index (χ4v) is 2.27. The maximum atomic E-state index is 12.1. The standard InChI is InChI=1S/C21H23NO4/c1-15-6-4-5-7-18(15)10-13-20(23)26-16(2)21(24)22-14-17-8-11-19(25-3)12-9-17/h4-13,16H,14H2,1-3H3,(H,22,24)/b13-10+/t16-/m0/s1. The molecule has 0 saturated carbocycles. The number of carbonyl (C=O) groups is 2. The Labute approximate surface area is 153 Å². The maximum absolute atomic E-state index is 12.1. The Bertz CT molecular complexity index is 781. The number of benzene rings is 2. The quantitative estimate of drug-likeness (QED) is 0.613. The first-order valence-electron chi connectivity index (χ1n) is 8.34. The lowest BCUT2D eigenvalue weighted by atomic mass is 10.1. The van der Waals surface area contributed by atoms with Crippen molar-refractivity contribution in [3.05, 3.63) is 71.3 Å². The maximum Gasteiger partial charge on any atom is 0.331 e. The SMILES string of the molecule is COc1ccc(CNC(=O)[C@H](C)OC(=O)/C=C/c2ccccc2C)cc1. The van der Waals surface area contributed by atoms with E-state index in [9.17, 15) is 9.59 Å². The highest BCUT2D eigenvalue weighted by atomic mass is 16.5. The summed E-state index contributed by atoms with van der Waals surface area (Å²) >= 11 is 0. The number of amides is 1. The van der Waals surface area contributed by atoms with Crippen LogP contribution in [-0.4, -0.2) is 25.1 Å². The van der Waals surface area contributed by atoms with Crippen molar-refractivity contribution in [1.82, 2.24) is 5.32 Å². The zero-order valence-electron chi connectivity index (χ0n) is 15.2. The monoisotopic (exact) mass is 353 g/mol. The van der Waals surface area contributed by atoms with E-state index in [0.717, 1.165) is 22.4 Å². The normalized spacial score (nSPS) is 11.8. The van der Waals surface area contributed by atoms with E-state index in [0.29, 0.717) is 6.54 Å². The second kappa shape index (κ2) is 9.42. The third kappa shape index (κ3) is 5.77. The molecule has 5 heteroatoms. The van der Waals surface area contributed by atoms with Gasteiger partial charge in [0.2, 0.25) is 0 Å². The molecular formula is C21H23NO4. The molecule has 1 N–H and O–H groups in total. The van der Waals surface area contributed by atoms with Gasteiger partial charge in [-0.1, -0.05) is 36.4 Å². The zero-order valence-corrected chi connectivity index (χ0v) is 15.2. The van der Waals surface area contributed by atoms with Gasteiger partial charge in [0.25, 0.3) is 5.91 Å². The summed E-state index contributed by atoms with van der Waals surface area (Å²) in [5.41, 5.74) is 2.92. The largest absolute Gasteiger partial charge is 0.497 e. The van der Waals surface area contributed by atoms with Gasteiger partial charge in [0, 0.05) is 12.6 Å². The predicted molar refractivity (Wildman–Crippen MR) is 101 cm³/mol. The fourth-order valence-electron chi connectivity index (χ4n) is 2.27. The van der Waals surface area contributed by atoms with Gasteiger partial charge in [-0.15, -0.1) is 0 Å². The van der Waals surface area contributed by atoms with Crippen LogP contribution in [0.2, 0.25) is 0 Å². The van der Waals surface area contributed by atoms with E-state index in [2.05, 4.69) is 5.32 Å². The van der Waals surface area contributed by atoms with Crippen LogP contribution in [0.1, 0.15) is 23.6 Å². The smallest absolute Gasteiger partial charge is 0.331 e. The third-order valence-corrected chi connectivity index (χ3v) is 3.88. The van der Waals surface area contributed by atoms with Gasteiger partial charge in [0.15, 0.2) is 6.10 Å². The molecule has 0 bridgehead atoms. The van der Waals surface area contributed by atoms with Crippen molar-refractivity contribution < 1.29 is 19.1 Å². The molecule has 0 saturated heterocycles. The molecule has 0 unspecified atom stereocenters. The highest BCUT2D eigenvalue weighted by Gasteiger charge is 2.16. The van der Waals surface area contributed by atoms with E-state index in [1.165, 1.54) is 6.08 Å². The van der Waals surface area contributed by atoms with Gasteiger partial charge >= 0.3 is 5.97 Å². The first-order chi connectivity index (χ1) is 12.5. The fraction of sp³-hybridized carbons (Fsp3) is 0.238. The molecule has 0 heterocycles. The van der Waals surface area contributed by atoms with E-state index >= 15 is 0 Å². The average molecular weight is 353 g/mol. The van der Waals surface area contributed by atoms with Gasteiger partial charge in [-0.2, -0.15) is 0 Å². The molecule has 26 heavy (non-hydrogen) atoms. The Kier molecular flexibility index (Phi) is 6.97. The Balaban J connectivity index is 1.82. The van der Waals surface area contributed by atoms with Crippen molar-refractivity contribution in [2.24, 2.45) is 0 Å². The molecule has 2 rings (SSSR count). The van der Waals surface area contributed by atoms with Crippen LogP contribution in [0, 0.1) is 6.92 Å². The van der Waals surface area contributed by atoms with Crippen molar-refractivity contribution in [1.29, 1.82) is 0 Å². The molecule has 0 aliphatic rings. The lowest BCUT2D eigenvalue weighted by molar-refractivity contribution is -0.150. The molecule has 5 nitrogen and oxygen atoms in total. The Morgan fingerprint density at radius 1 is 1.12 bits per heavy atom. The Hall–Kier alpha value is -3.08. The predicted octanol–water partition coefficient (Wildman–Crippen LogP) is 3.26. The number of aryl methyl sites for hydroxylation is 1. The summed E-state index contributed by atoms with van der Waals surface area (Å²) in [6, 6.07) is 15.1. The average Bonchev–Trinajstić information content (AvgIpc) is 2.65. The van der Waals surface area contributed by atoms with Gasteiger partial charge < -0.3 is 14.8 Å². The summed E-state index contributed by atoms with van der Waals surface area (Å²) in [7, 11) is 1.60. The highest BCUT2D eigenvalue weighted by molar-refractivity contribution is 5.90. The van der Waals surface area contributed by atoms with Crippen LogP contribution in [0.5, 0.6) is 5.75 Å². The van der Waals surface area contributed by atoms with Gasteiger partial charge in [-0.3, -0.25) is 4.79 Å². The number of hydrogen-bond acceptors (Lipinski definition) is 4. The van der Waals surface area contributed by atoms with Crippen LogP contribution < -0.4 is 10.1 Å². The summed E-state index contributed by atoms with van der Waals surface area (Å²) in [6.45, 7) is 3.85. The molecule has 1 atom stereocenters. The van der Waals surface area contributed by atoms with E-state index in [1.54, 1.807) is 20.1 Å². The number of ether oxygens (including phenoxy) is 2. The van der Waals surface area contributed by atoms with Crippen molar-refractivity contribution >= 4 is 18.0 Å². The van der Waals surface area contributed by atoms with Gasteiger partial charge in [0.05, 0.1) is 7.11 Å². The van der Waals surface area contributed by atoms with Crippen molar-refractivity contribution in [2.75, 3.05) is 7.11 Å². The van der Waals surface area contributed by atoms with Crippen LogP contribution in [0.3, 0.4) is 0 Å². The molecule has 0 spiro atoms. The van der Waals surface area contributed by atoms with Crippen molar-refractivity contribution in [2.45, 2.75) is 26.5 Å².